The summed E-state index contributed by atoms with van der Waals surface area (Å²) in [7, 11) is 0. The van der Waals surface area contributed by atoms with Crippen LogP contribution >= 0.6 is 0 Å². The zero-order valence-corrected chi connectivity index (χ0v) is 15.8. The van der Waals surface area contributed by atoms with Crippen molar-refractivity contribution >= 4 is 12.4 Å². The highest BCUT2D eigenvalue weighted by atomic mass is 16.6. The smallest absolute Gasteiger partial charge is 0.337 e. The van der Waals surface area contributed by atoms with E-state index in [1.165, 1.54) is 5.57 Å². The van der Waals surface area contributed by atoms with E-state index in [-0.39, 0.29) is 30.0 Å². The molecule has 1 aliphatic heterocycles. The molecule has 0 bridgehead atoms. The van der Waals surface area contributed by atoms with E-state index in [2.05, 4.69) is 20.4 Å². The van der Waals surface area contributed by atoms with Crippen LogP contribution in [0, 0.1) is 22.7 Å². The van der Waals surface area contributed by atoms with Gasteiger partial charge in [-0.3, -0.25) is 4.79 Å². The second-order valence-corrected chi connectivity index (χ2v) is 8.69. The molecule has 0 spiro atoms. The van der Waals surface area contributed by atoms with Gasteiger partial charge in [-0.1, -0.05) is 38.5 Å². The Bertz CT molecular complexity index is 624. The van der Waals surface area contributed by atoms with Crippen LogP contribution in [0.5, 0.6) is 0 Å². The Labute approximate surface area is 155 Å². The number of esters is 1. The molecule has 0 unspecified atom stereocenters. The highest BCUT2D eigenvalue weighted by molar-refractivity contribution is 5.91. The molecule has 1 saturated heterocycles. The molecule has 26 heavy (non-hydrogen) atoms. The number of allylic oxidation sites excluding steroid dienone is 2. The van der Waals surface area contributed by atoms with Crippen molar-refractivity contribution in [2.75, 3.05) is 13.2 Å². The van der Waals surface area contributed by atoms with Gasteiger partial charge in [0.25, 0.3) is 6.47 Å². The van der Waals surface area contributed by atoms with E-state index >= 15 is 0 Å². The van der Waals surface area contributed by atoms with Crippen LogP contribution in [0.4, 0.5) is 0 Å². The lowest BCUT2D eigenvalue weighted by molar-refractivity contribution is -0.137. The average Bonchev–Trinajstić information content (AvgIpc) is 2.94. The predicted octanol–water partition coefficient (Wildman–Crippen LogP) is 3.17. The first-order valence-electron chi connectivity index (χ1n) is 9.60. The Morgan fingerprint density at radius 3 is 2.85 bits per heavy atom. The summed E-state index contributed by atoms with van der Waals surface area (Å²) >= 11 is 0. The van der Waals surface area contributed by atoms with E-state index in [1.807, 2.05) is 6.08 Å². The highest BCUT2D eigenvalue weighted by Crippen LogP contribution is 2.61. The van der Waals surface area contributed by atoms with Gasteiger partial charge < -0.3 is 14.6 Å². The van der Waals surface area contributed by atoms with Crippen molar-refractivity contribution in [1.82, 2.24) is 0 Å². The van der Waals surface area contributed by atoms with Crippen LogP contribution in [0.1, 0.15) is 52.4 Å². The lowest BCUT2D eigenvalue weighted by Gasteiger charge is -2.58. The van der Waals surface area contributed by atoms with E-state index in [1.54, 1.807) is 0 Å². The van der Waals surface area contributed by atoms with Gasteiger partial charge in [-0.05, 0) is 54.8 Å². The minimum Gasteiger partial charge on any atom is -0.458 e. The lowest BCUT2D eigenvalue weighted by Crippen LogP contribution is -2.51. The number of ether oxygens (including phenoxy) is 2. The Kier molecular flexibility index (Phi) is 5.29. The van der Waals surface area contributed by atoms with Crippen LogP contribution < -0.4 is 0 Å². The second kappa shape index (κ2) is 7.18. The number of fused-ring (bicyclic) bond motifs is 1. The summed E-state index contributed by atoms with van der Waals surface area (Å²) < 4.78 is 10.0. The maximum atomic E-state index is 12.0. The monoisotopic (exact) mass is 362 g/mol. The number of carbonyl (C=O) groups is 2. The van der Waals surface area contributed by atoms with Crippen molar-refractivity contribution < 1.29 is 24.2 Å². The molecule has 5 atom stereocenters. The maximum Gasteiger partial charge on any atom is 0.337 e. The van der Waals surface area contributed by atoms with E-state index in [0.29, 0.717) is 24.4 Å². The molecule has 3 rings (SSSR count). The Morgan fingerprint density at radius 1 is 1.38 bits per heavy atom. The first-order valence-corrected chi connectivity index (χ1v) is 9.60. The molecule has 5 heteroatoms. The van der Waals surface area contributed by atoms with Crippen molar-refractivity contribution in [3.05, 3.63) is 23.8 Å². The third kappa shape index (κ3) is 3.11. The molecule has 0 radical (unpaired) electrons. The van der Waals surface area contributed by atoms with Gasteiger partial charge in [-0.25, -0.2) is 4.79 Å². The summed E-state index contributed by atoms with van der Waals surface area (Å²) in [4.78, 5) is 22.6. The van der Waals surface area contributed by atoms with Gasteiger partial charge in [0.05, 0.1) is 5.57 Å². The molecule has 3 aliphatic rings. The largest absolute Gasteiger partial charge is 0.458 e. The number of aliphatic hydroxyl groups excluding tert-OH is 1. The van der Waals surface area contributed by atoms with Crippen LogP contribution in [0.2, 0.25) is 0 Å². The third-order valence-electron chi connectivity index (χ3n) is 7.25. The minimum absolute atomic E-state index is 0.0471. The zero-order chi connectivity index (χ0) is 18.9. The highest BCUT2D eigenvalue weighted by Gasteiger charge is 2.54. The van der Waals surface area contributed by atoms with E-state index in [4.69, 9.17) is 9.47 Å². The fraction of sp³-hybridized carbons (Fsp3) is 0.714. The average molecular weight is 362 g/mol. The van der Waals surface area contributed by atoms with Crippen molar-refractivity contribution in [2.45, 2.75) is 58.5 Å². The normalized spacial score (nSPS) is 41.7. The van der Waals surface area contributed by atoms with E-state index in [0.717, 1.165) is 32.1 Å². The summed E-state index contributed by atoms with van der Waals surface area (Å²) in [5.74, 6) is 0.300. The summed E-state index contributed by atoms with van der Waals surface area (Å²) in [6.45, 7) is 9.54. The number of rotatable bonds is 5. The van der Waals surface area contributed by atoms with Crippen molar-refractivity contribution in [3.8, 4) is 0 Å². The summed E-state index contributed by atoms with van der Waals surface area (Å²) in [6, 6.07) is 0. The van der Waals surface area contributed by atoms with Crippen LogP contribution in [0.25, 0.3) is 0 Å². The number of hydrogen-bond donors (Lipinski definition) is 1. The summed E-state index contributed by atoms with van der Waals surface area (Å²) in [5, 5.41) is 10.0. The molecule has 2 aliphatic carbocycles. The minimum atomic E-state index is -0.602. The molecule has 1 heterocycles. The predicted molar refractivity (Wildman–Crippen MR) is 97.1 cm³/mol. The first-order chi connectivity index (χ1) is 12.4. The number of cyclic esters (lactones) is 1. The summed E-state index contributed by atoms with van der Waals surface area (Å²) in [5.41, 5.74) is 1.68. The molecule has 144 valence electrons. The molecule has 0 aromatic heterocycles. The Balaban J connectivity index is 1.86. The number of carbonyl (C=O) groups excluding carboxylic acids is 2. The molecule has 0 aromatic rings. The van der Waals surface area contributed by atoms with Crippen molar-refractivity contribution in [2.24, 2.45) is 22.7 Å². The Hall–Kier alpha value is -1.62. The van der Waals surface area contributed by atoms with E-state index in [9.17, 15) is 14.7 Å². The lowest BCUT2D eigenvalue weighted by atomic mass is 9.47. The van der Waals surface area contributed by atoms with Gasteiger partial charge in [0, 0.05) is 6.61 Å². The Morgan fingerprint density at radius 2 is 2.15 bits per heavy atom. The van der Waals surface area contributed by atoms with Gasteiger partial charge in [0.2, 0.25) is 0 Å². The fourth-order valence-electron chi connectivity index (χ4n) is 5.80. The van der Waals surface area contributed by atoms with E-state index < -0.39 is 12.1 Å². The third-order valence-corrected chi connectivity index (χ3v) is 7.25. The molecule has 0 aromatic carbocycles. The van der Waals surface area contributed by atoms with Crippen molar-refractivity contribution in [1.29, 1.82) is 0 Å². The van der Waals surface area contributed by atoms with Gasteiger partial charge in [-0.15, -0.1) is 0 Å². The maximum absolute atomic E-state index is 12.0. The molecule has 0 amide bonds. The molecule has 2 saturated carbocycles. The van der Waals surface area contributed by atoms with Gasteiger partial charge in [0.1, 0.15) is 6.61 Å². The SMILES string of the molecule is C=C1CC[C@@H]2[C@](C)(CO)CCC[C@@]2(C)[C@@H]1C/C=C1/C(=O)OC[C@@H]1OC=O. The molecule has 5 nitrogen and oxygen atoms in total. The van der Waals surface area contributed by atoms with Crippen LogP contribution in [0.3, 0.4) is 0 Å². The van der Waals surface area contributed by atoms with Crippen LogP contribution in [0.15, 0.2) is 23.8 Å². The number of aliphatic hydroxyl groups is 1. The molecular weight excluding hydrogens is 332 g/mol. The number of hydrogen-bond acceptors (Lipinski definition) is 5. The first kappa shape index (κ1) is 19.2. The topological polar surface area (TPSA) is 72.8 Å². The molecular formula is C21H30O5. The van der Waals surface area contributed by atoms with Gasteiger partial charge in [-0.2, -0.15) is 0 Å². The zero-order valence-electron chi connectivity index (χ0n) is 15.8. The van der Waals surface area contributed by atoms with Gasteiger partial charge >= 0.3 is 5.97 Å². The quantitative estimate of drug-likeness (QED) is 0.352. The summed E-state index contributed by atoms with van der Waals surface area (Å²) in [6.07, 6.45) is 7.28. The fourth-order valence-corrected chi connectivity index (χ4v) is 5.80. The molecule has 1 N–H and O–H groups in total. The van der Waals surface area contributed by atoms with Crippen LogP contribution in [-0.2, 0) is 19.1 Å². The standard InChI is InChI=1S/C21H30O5/c1-14-5-8-18-20(2,12-22)9-4-10-21(18,3)16(14)7-6-15-17(26-13-23)11-25-19(15)24/h6,13,16-18,22H,1,4-5,7-12H2,2-3H3/b15-6+/t16-,17+,18-,20+,21+/m1/s1. The van der Waals surface area contributed by atoms with Crippen LogP contribution in [-0.4, -0.2) is 36.9 Å². The van der Waals surface area contributed by atoms with Gasteiger partial charge in [0.15, 0.2) is 6.10 Å². The second-order valence-electron chi connectivity index (χ2n) is 8.69. The molecule has 3 fully saturated rings. The van der Waals surface area contributed by atoms with Crippen molar-refractivity contribution in [3.63, 3.8) is 0 Å².